The van der Waals surface area contributed by atoms with E-state index in [1.54, 1.807) is 12.4 Å². The number of rotatable bonds is 2. The van der Waals surface area contributed by atoms with E-state index in [0.29, 0.717) is 10.6 Å². The Morgan fingerprint density at radius 3 is 2.81 bits per heavy atom. The lowest BCUT2D eigenvalue weighted by atomic mass is 10.1. The average molecular weight is 382 g/mol. The first kappa shape index (κ1) is 16.6. The Labute approximate surface area is 162 Å². The number of aromatic nitrogens is 3. The van der Waals surface area contributed by atoms with E-state index in [1.807, 2.05) is 35.4 Å². The SMILES string of the molecule is O=C(c1ccccc1Cl)N1CCCN(c2ncnc3[nH]ccc23)CC12CC2. The molecule has 5 rings (SSSR count). The van der Waals surface area contributed by atoms with Crippen molar-refractivity contribution in [1.82, 2.24) is 19.9 Å². The second-order valence-electron chi connectivity index (χ2n) is 7.37. The molecule has 1 aliphatic carbocycles. The zero-order valence-corrected chi connectivity index (χ0v) is 15.6. The van der Waals surface area contributed by atoms with Crippen molar-refractivity contribution in [3.8, 4) is 0 Å². The highest BCUT2D eigenvalue weighted by molar-refractivity contribution is 6.33. The van der Waals surface area contributed by atoms with Gasteiger partial charge in [-0.25, -0.2) is 9.97 Å². The van der Waals surface area contributed by atoms with Crippen molar-refractivity contribution in [2.75, 3.05) is 24.5 Å². The highest BCUT2D eigenvalue weighted by Crippen LogP contribution is 2.45. The second kappa shape index (κ2) is 6.23. The molecule has 6 nitrogen and oxygen atoms in total. The summed E-state index contributed by atoms with van der Waals surface area (Å²) in [6.07, 6.45) is 6.42. The van der Waals surface area contributed by atoms with Crippen molar-refractivity contribution < 1.29 is 4.79 Å². The summed E-state index contributed by atoms with van der Waals surface area (Å²) in [4.78, 5) is 29.6. The number of nitrogens with zero attached hydrogens (tertiary/aromatic N) is 4. The summed E-state index contributed by atoms with van der Waals surface area (Å²) in [6, 6.07) is 9.33. The number of fused-ring (bicyclic) bond motifs is 1. The summed E-state index contributed by atoms with van der Waals surface area (Å²) < 4.78 is 0. The smallest absolute Gasteiger partial charge is 0.255 e. The topological polar surface area (TPSA) is 65.1 Å². The molecule has 7 heteroatoms. The van der Waals surface area contributed by atoms with Gasteiger partial charge in [-0.3, -0.25) is 4.79 Å². The minimum atomic E-state index is -0.125. The van der Waals surface area contributed by atoms with E-state index in [9.17, 15) is 4.79 Å². The van der Waals surface area contributed by atoms with Gasteiger partial charge in [0.1, 0.15) is 17.8 Å². The Kier molecular flexibility index (Phi) is 3.82. The quantitative estimate of drug-likeness (QED) is 0.737. The molecule has 0 radical (unpaired) electrons. The summed E-state index contributed by atoms with van der Waals surface area (Å²) in [5.74, 6) is 0.981. The van der Waals surface area contributed by atoms with Gasteiger partial charge in [0.05, 0.1) is 21.5 Å². The van der Waals surface area contributed by atoms with Crippen LogP contribution in [0.4, 0.5) is 5.82 Å². The number of benzene rings is 1. The van der Waals surface area contributed by atoms with E-state index in [4.69, 9.17) is 11.6 Å². The number of H-pyrrole nitrogens is 1. The van der Waals surface area contributed by atoms with E-state index in [-0.39, 0.29) is 11.4 Å². The molecule has 1 spiro atoms. The van der Waals surface area contributed by atoms with Crippen molar-refractivity contribution in [3.63, 3.8) is 0 Å². The number of halogens is 1. The number of carbonyl (C=O) groups is 1. The zero-order chi connectivity index (χ0) is 18.4. The highest BCUT2D eigenvalue weighted by Gasteiger charge is 2.52. The third kappa shape index (κ3) is 2.75. The van der Waals surface area contributed by atoms with Crippen LogP contribution in [0.15, 0.2) is 42.9 Å². The number of anilines is 1. The monoisotopic (exact) mass is 381 g/mol. The molecule has 2 aliphatic rings. The van der Waals surface area contributed by atoms with Gasteiger partial charge in [-0.15, -0.1) is 0 Å². The number of hydrogen-bond donors (Lipinski definition) is 1. The third-order valence-electron chi connectivity index (χ3n) is 5.68. The summed E-state index contributed by atoms with van der Waals surface area (Å²) in [6.45, 7) is 2.40. The van der Waals surface area contributed by atoms with Gasteiger partial charge in [0.25, 0.3) is 5.91 Å². The molecule has 1 aromatic carbocycles. The molecule has 1 amide bonds. The van der Waals surface area contributed by atoms with E-state index < -0.39 is 0 Å². The first-order valence-electron chi connectivity index (χ1n) is 9.27. The molecule has 2 aromatic heterocycles. The van der Waals surface area contributed by atoms with Crippen molar-refractivity contribution in [2.45, 2.75) is 24.8 Å². The standard InChI is InChI=1S/C20H20ClN5O/c21-16-5-2-1-4-14(16)19(27)26-11-3-10-25(12-20(26)7-8-20)18-15-6-9-22-17(15)23-13-24-18/h1-2,4-6,9,13H,3,7-8,10-12H2,(H,22,23,24). The van der Waals surface area contributed by atoms with Crippen molar-refractivity contribution >= 4 is 34.4 Å². The average Bonchev–Trinajstić information content (AvgIpc) is 3.34. The number of hydrogen-bond acceptors (Lipinski definition) is 4. The zero-order valence-electron chi connectivity index (χ0n) is 14.9. The molecule has 0 bridgehead atoms. The summed E-state index contributed by atoms with van der Waals surface area (Å²) in [5, 5.41) is 1.54. The first-order valence-corrected chi connectivity index (χ1v) is 9.65. The Hall–Kier alpha value is -2.60. The van der Waals surface area contributed by atoms with Crippen LogP contribution in [0.3, 0.4) is 0 Å². The third-order valence-corrected chi connectivity index (χ3v) is 6.01. The van der Waals surface area contributed by atoms with Crippen LogP contribution in [0.25, 0.3) is 11.0 Å². The normalized spacial score (nSPS) is 18.7. The van der Waals surface area contributed by atoms with Crippen LogP contribution in [0.1, 0.15) is 29.6 Å². The van der Waals surface area contributed by atoms with Gasteiger partial charge in [0, 0.05) is 25.8 Å². The van der Waals surface area contributed by atoms with Gasteiger partial charge in [0.15, 0.2) is 0 Å². The second-order valence-corrected chi connectivity index (χ2v) is 7.78. The predicted molar refractivity (Wildman–Crippen MR) is 105 cm³/mol. The predicted octanol–water partition coefficient (Wildman–Crippen LogP) is 3.50. The van der Waals surface area contributed by atoms with Gasteiger partial charge in [-0.1, -0.05) is 23.7 Å². The van der Waals surface area contributed by atoms with Crippen molar-refractivity contribution in [1.29, 1.82) is 0 Å². The summed E-state index contributed by atoms with van der Waals surface area (Å²) in [7, 11) is 0. The molecule has 2 fully saturated rings. The number of nitrogens with one attached hydrogen (secondary N) is 1. The number of aromatic amines is 1. The molecular weight excluding hydrogens is 362 g/mol. The van der Waals surface area contributed by atoms with Crippen LogP contribution in [0, 0.1) is 0 Å². The molecular formula is C20H20ClN5O. The van der Waals surface area contributed by atoms with Crippen LogP contribution in [0.5, 0.6) is 0 Å². The molecule has 1 aliphatic heterocycles. The van der Waals surface area contributed by atoms with Crippen molar-refractivity contribution in [2.24, 2.45) is 0 Å². The first-order chi connectivity index (χ1) is 13.2. The molecule has 1 saturated heterocycles. The highest BCUT2D eigenvalue weighted by atomic mass is 35.5. The Morgan fingerprint density at radius 1 is 1.15 bits per heavy atom. The van der Waals surface area contributed by atoms with Crippen LogP contribution < -0.4 is 4.90 Å². The fraction of sp³-hybridized carbons (Fsp3) is 0.350. The molecule has 1 N–H and O–H groups in total. The molecule has 3 heterocycles. The molecule has 0 unspecified atom stereocenters. The van der Waals surface area contributed by atoms with Gasteiger partial charge in [-0.05, 0) is 37.5 Å². The molecule has 27 heavy (non-hydrogen) atoms. The van der Waals surface area contributed by atoms with Gasteiger partial charge >= 0.3 is 0 Å². The number of amides is 1. The summed E-state index contributed by atoms with van der Waals surface area (Å²) >= 11 is 6.29. The molecule has 0 atom stereocenters. The lowest BCUT2D eigenvalue weighted by Crippen LogP contribution is -2.46. The Balaban J connectivity index is 1.47. The largest absolute Gasteiger partial charge is 0.354 e. The Bertz CT molecular complexity index is 1010. The maximum Gasteiger partial charge on any atom is 0.255 e. The van der Waals surface area contributed by atoms with Crippen LogP contribution >= 0.6 is 11.6 Å². The molecule has 138 valence electrons. The lowest BCUT2D eigenvalue weighted by Gasteiger charge is -2.33. The van der Waals surface area contributed by atoms with Gasteiger partial charge < -0.3 is 14.8 Å². The van der Waals surface area contributed by atoms with E-state index in [2.05, 4.69) is 19.9 Å². The minimum Gasteiger partial charge on any atom is -0.354 e. The van der Waals surface area contributed by atoms with Gasteiger partial charge in [0.2, 0.25) is 0 Å². The maximum absolute atomic E-state index is 13.2. The van der Waals surface area contributed by atoms with Crippen LogP contribution in [0.2, 0.25) is 5.02 Å². The van der Waals surface area contributed by atoms with Gasteiger partial charge in [-0.2, -0.15) is 0 Å². The van der Waals surface area contributed by atoms with Crippen LogP contribution in [-0.4, -0.2) is 50.9 Å². The Morgan fingerprint density at radius 2 is 2.00 bits per heavy atom. The maximum atomic E-state index is 13.2. The fourth-order valence-electron chi connectivity index (χ4n) is 4.14. The summed E-state index contributed by atoms with van der Waals surface area (Å²) in [5.41, 5.74) is 1.31. The number of carbonyl (C=O) groups excluding carboxylic acids is 1. The fourth-order valence-corrected chi connectivity index (χ4v) is 4.35. The van der Waals surface area contributed by atoms with E-state index >= 15 is 0 Å². The van der Waals surface area contributed by atoms with E-state index in [0.717, 1.165) is 55.7 Å². The minimum absolute atomic E-state index is 0.0365. The van der Waals surface area contributed by atoms with Crippen molar-refractivity contribution in [3.05, 3.63) is 53.4 Å². The lowest BCUT2D eigenvalue weighted by molar-refractivity contribution is 0.0670. The van der Waals surface area contributed by atoms with E-state index in [1.165, 1.54) is 0 Å². The molecule has 1 saturated carbocycles. The van der Waals surface area contributed by atoms with Crippen LogP contribution in [-0.2, 0) is 0 Å². The molecule has 3 aromatic rings.